The fourth-order valence-corrected chi connectivity index (χ4v) is 3.09. The lowest BCUT2D eigenvalue weighted by Crippen LogP contribution is -2.10. The van der Waals surface area contributed by atoms with Gasteiger partial charge in [0.25, 0.3) is 0 Å². The van der Waals surface area contributed by atoms with E-state index in [0.717, 1.165) is 22.6 Å². The van der Waals surface area contributed by atoms with Crippen molar-refractivity contribution in [2.75, 3.05) is 0 Å². The first-order chi connectivity index (χ1) is 6.11. The summed E-state index contributed by atoms with van der Waals surface area (Å²) in [6, 6.07) is 0. The van der Waals surface area contributed by atoms with Crippen molar-refractivity contribution in [1.82, 2.24) is 0 Å². The maximum absolute atomic E-state index is 3.76. The maximum atomic E-state index is 3.76. The van der Waals surface area contributed by atoms with Crippen molar-refractivity contribution >= 4 is 15.9 Å². The second-order valence-electron chi connectivity index (χ2n) is 5.04. The van der Waals surface area contributed by atoms with Crippen molar-refractivity contribution < 1.29 is 0 Å². The third-order valence-electron chi connectivity index (χ3n) is 3.48. The van der Waals surface area contributed by atoms with Crippen LogP contribution in [0.25, 0.3) is 0 Å². The van der Waals surface area contributed by atoms with Crippen molar-refractivity contribution in [2.45, 2.75) is 57.7 Å². The zero-order chi connectivity index (χ0) is 9.84. The first kappa shape index (κ1) is 11.6. The van der Waals surface area contributed by atoms with Crippen LogP contribution in [0.1, 0.15) is 52.9 Å². The topological polar surface area (TPSA) is 0 Å². The fourth-order valence-electron chi connectivity index (χ4n) is 2.39. The summed E-state index contributed by atoms with van der Waals surface area (Å²) in [5.41, 5.74) is 0. The summed E-state index contributed by atoms with van der Waals surface area (Å²) >= 11 is 3.76. The second-order valence-corrected chi connectivity index (χ2v) is 6.21. The Morgan fingerprint density at radius 2 is 2.00 bits per heavy atom. The predicted octanol–water partition coefficient (Wildman–Crippen LogP) is 4.62. The molecule has 0 N–H and O–H groups in total. The van der Waals surface area contributed by atoms with Crippen LogP contribution >= 0.6 is 15.9 Å². The average Bonchev–Trinajstić information content (AvgIpc) is 2.35. The normalized spacial score (nSPS) is 34.4. The summed E-state index contributed by atoms with van der Waals surface area (Å²) in [6.45, 7) is 7.06. The van der Waals surface area contributed by atoms with E-state index in [0.29, 0.717) is 0 Å². The molecule has 0 aliphatic heterocycles. The highest BCUT2D eigenvalue weighted by atomic mass is 79.9. The molecule has 13 heavy (non-hydrogen) atoms. The lowest BCUT2D eigenvalue weighted by Gasteiger charge is -2.17. The van der Waals surface area contributed by atoms with Gasteiger partial charge in [0.1, 0.15) is 0 Å². The van der Waals surface area contributed by atoms with Gasteiger partial charge in [-0.25, -0.2) is 0 Å². The van der Waals surface area contributed by atoms with Gasteiger partial charge >= 0.3 is 0 Å². The van der Waals surface area contributed by atoms with Gasteiger partial charge < -0.3 is 0 Å². The van der Waals surface area contributed by atoms with Crippen LogP contribution in [0.3, 0.4) is 0 Å². The Balaban J connectivity index is 2.15. The zero-order valence-electron chi connectivity index (χ0n) is 9.22. The predicted molar refractivity (Wildman–Crippen MR) is 63.3 cm³/mol. The Labute approximate surface area is 91.6 Å². The number of rotatable bonds is 4. The van der Waals surface area contributed by atoms with Crippen LogP contribution in [0.4, 0.5) is 0 Å². The van der Waals surface area contributed by atoms with E-state index in [2.05, 4.69) is 36.7 Å². The molecule has 0 aromatic carbocycles. The van der Waals surface area contributed by atoms with E-state index in [1.54, 1.807) is 0 Å². The van der Waals surface area contributed by atoms with E-state index in [9.17, 15) is 0 Å². The van der Waals surface area contributed by atoms with E-state index in [1.807, 2.05) is 0 Å². The lowest BCUT2D eigenvalue weighted by atomic mass is 9.91. The Morgan fingerprint density at radius 1 is 1.31 bits per heavy atom. The van der Waals surface area contributed by atoms with Crippen molar-refractivity contribution in [1.29, 1.82) is 0 Å². The summed E-state index contributed by atoms with van der Waals surface area (Å²) in [4.78, 5) is 0.802. The fraction of sp³-hybridized carbons (Fsp3) is 1.00. The first-order valence-corrected chi connectivity index (χ1v) is 6.67. The molecule has 1 aliphatic carbocycles. The highest BCUT2D eigenvalue weighted by Crippen LogP contribution is 2.39. The van der Waals surface area contributed by atoms with E-state index in [-0.39, 0.29) is 0 Å². The molecule has 0 saturated heterocycles. The van der Waals surface area contributed by atoms with E-state index < -0.39 is 0 Å². The zero-order valence-corrected chi connectivity index (χ0v) is 10.8. The van der Waals surface area contributed by atoms with Crippen LogP contribution in [-0.2, 0) is 0 Å². The minimum absolute atomic E-state index is 0.802. The van der Waals surface area contributed by atoms with Crippen molar-refractivity contribution in [3.63, 3.8) is 0 Å². The highest BCUT2D eigenvalue weighted by molar-refractivity contribution is 9.09. The van der Waals surface area contributed by atoms with Crippen LogP contribution in [-0.4, -0.2) is 4.83 Å². The molecule has 0 aromatic heterocycles. The van der Waals surface area contributed by atoms with Gasteiger partial charge in [0.2, 0.25) is 0 Å². The summed E-state index contributed by atoms with van der Waals surface area (Å²) in [6.07, 6.45) is 7.16. The largest absolute Gasteiger partial charge is 0.0888 e. The van der Waals surface area contributed by atoms with Gasteiger partial charge in [-0.2, -0.15) is 0 Å². The van der Waals surface area contributed by atoms with Gasteiger partial charge in [-0.1, -0.05) is 56.0 Å². The van der Waals surface area contributed by atoms with Gasteiger partial charge in [0.05, 0.1) is 0 Å². The molecule has 0 heterocycles. The molecule has 3 atom stereocenters. The summed E-state index contributed by atoms with van der Waals surface area (Å²) in [5, 5.41) is 0. The first-order valence-electron chi connectivity index (χ1n) is 5.75. The van der Waals surface area contributed by atoms with Crippen LogP contribution < -0.4 is 0 Å². The molecule has 1 aliphatic rings. The highest BCUT2D eigenvalue weighted by Gasteiger charge is 2.30. The van der Waals surface area contributed by atoms with Crippen LogP contribution in [0.2, 0.25) is 0 Å². The van der Waals surface area contributed by atoms with Gasteiger partial charge in [0, 0.05) is 4.83 Å². The maximum Gasteiger partial charge on any atom is 0.0174 e. The van der Waals surface area contributed by atoms with Crippen LogP contribution in [0.15, 0.2) is 0 Å². The molecule has 0 bridgehead atoms. The number of halogens is 1. The standard InChI is InChI=1S/C12H23Br/c1-9(2)5-4-6-11-7-8-12(13)10(11)3/h9-12H,4-8H2,1-3H3. The molecule has 0 nitrogen and oxygen atoms in total. The minimum atomic E-state index is 0.802. The monoisotopic (exact) mass is 246 g/mol. The molecule has 0 spiro atoms. The average molecular weight is 247 g/mol. The molecular weight excluding hydrogens is 224 g/mol. The van der Waals surface area contributed by atoms with Gasteiger partial charge in [-0.05, 0) is 30.6 Å². The van der Waals surface area contributed by atoms with Gasteiger partial charge in [0.15, 0.2) is 0 Å². The van der Waals surface area contributed by atoms with Crippen molar-refractivity contribution in [3.05, 3.63) is 0 Å². The van der Waals surface area contributed by atoms with Crippen LogP contribution in [0.5, 0.6) is 0 Å². The smallest absolute Gasteiger partial charge is 0.0174 e. The van der Waals surface area contributed by atoms with Crippen molar-refractivity contribution in [3.8, 4) is 0 Å². The molecule has 0 amide bonds. The Hall–Kier alpha value is 0.480. The molecule has 0 radical (unpaired) electrons. The quantitative estimate of drug-likeness (QED) is 0.636. The summed E-state index contributed by atoms with van der Waals surface area (Å²) < 4.78 is 0. The summed E-state index contributed by atoms with van der Waals surface area (Å²) in [7, 11) is 0. The van der Waals surface area contributed by atoms with E-state index >= 15 is 0 Å². The van der Waals surface area contributed by atoms with Gasteiger partial charge in [-0.3, -0.25) is 0 Å². The second kappa shape index (κ2) is 5.38. The lowest BCUT2D eigenvalue weighted by molar-refractivity contribution is 0.369. The summed E-state index contributed by atoms with van der Waals surface area (Å²) in [5.74, 6) is 2.80. The third-order valence-corrected chi connectivity index (χ3v) is 4.78. The van der Waals surface area contributed by atoms with Crippen molar-refractivity contribution in [2.24, 2.45) is 17.8 Å². The molecule has 1 saturated carbocycles. The molecule has 1 heteroatoms. The van der Waals surface area contributed by atoms with Gasteiger partial charge in [-0.15, -0.1) is 0 Å². The Morgan fingerprint density at radius 3 is 2.46 bits per heavy atom. The molecular formula is C12H23Br. The molecule has 1 rings (SSSR count). The third kappa shape index (κ3) is 3.61. The molecule has 1 fully saturated rings. The number of hydrogen-bond acceptors (Lipinski definition) is 0. The van der Waals surface area contributed by atoms with E-state index in [1.165, 1.54) is 32.1 Å². The number of hydrogen-bond donors (Lipinski definition) is 0. The minimum Gasteiger partial charge on any atom is -0.0888 e. The SMILES string of the molecule is CC(C)CCCC1CCC(Br)C1C. The Kier molecular flexibility index (Phi) is 4.78. The van der Waals surface area contributed by atoms with Crippen LogP contribution in [0, 0.1) is 17.8 Å². The molecule has 3 unspecified atom stereocenters. The Bertz CT molecular complexity index is 142. The number of alkyl halides is 1. The molecule has 78 valence electrons. The van der Waals surface area contributed by atoms with E-state index in [4.69, 9.17) is 0 Å². The molecule has 0 aromatic rings.